The minimum atomic E-state index is -4.20. The number of aliphatic carboxylic acids is 1. The Morgan fingerprint density at radius 2 is 1.54 bits per heavy atom. The topological polar surface area (TPSA) is 110 Å². The Morgan fingerprint density at radius 3 is 2.20 bits per heavy atom. The number of sulfonamides is 1. The molecule has 5 aliphatic carbocycles. The highest BCUT2D eigenvalue weighted by Gasteiger charge is 2.69. The van der Waals surface area contributed by atoms with Gasteiger partial charge < -0.3 is 9.84 Å². The zero-order valence-electron chi connectivity index (χ0n) is 28.5. The highest BCUT2D eigenvalue weighted by Crippen LogP contribution is 2.75. The molecule has 8 atom stereocenters. The van der Waals surface area contributed by atoms with E-state index in [2.05, 4.69) is 54.5 Å². The predicted octanol–water partition coefficient (Wildman–Crippen LogP) is 8.50. The first-order valence-electron chi connectivity index (χ1n) is 17.1. The van der Waals surface area contributed by atoms with Gasteiger partial charge in [-0.3, -0.25) is 4.79 Å². The summed E-state index contributed by atoms with van der Waals surface area (Å²) in [4.78, 5) is 25.7. The molecule has 1 aromatic carbocycles. The third-order valence-electron chi connectivity index (χ3n) is 14.6. The average molecular weight is 658 g/mol. The van der Waals surface area contributed by atoms with Crippen LogP contribution in [0.15, 0.2) is 40.8 Å². The standard InChI is InChI=1S/C37H52FNO6S/c1-32(2)18-20-37(30(40)41)21-19-35(6)25(26(37)22-32)12-13-28-34(5)16-15-29(33(3,4)27(34)14-17-36(28,35)7)45-31(42)39-46(43,44)24-10-8-23(38)9-11-24/h8-12,26-29H,13-22H2,1-7H3,(H,39,42)(H,40,41)/t26-,27-,28+,29-,34-,35+,36+,37-/m0/s1. The van der Waals surface area contributed by atoms with Crippen LogP contribution in [-0.4, -0.2) is 31.7 Å². The number of carboxylic acids is 1. The van der Waals surface area contributed by atoms with Crippen molar-refractivity contribution in [3.63, 3.8) is 0 Å². The van der Waals surface area contributed by atoms with Crippen LogP contribution < -0.4 is 4.72 Å². The molecule has 46 heavy (non-hydrogen) atoms. The number of hydrogen-bond acceptors (Lipinski definition) is 5. The Morgan fingerprint density at radius 1 is 0.891 bits per heavy atom. The van der Waals surface area contributed by atoms with Crippen LogP contribution >= 0.6 is 0 Å². The number of fused-ring (bicyclic) bond motifs is 7. The van der Waals surface area contributed by atoms with Gasteiger partial charge in [0.25, 0.3) is 10.0 Å². The monoisotopic (exact) mass is 657 g/mol. The van der Waals surface area contributed by atoms with Crippen molar-refractivity contribution in [3.05, 3.63) is 41.7 Å². The minimum absolute atomic E-state index is 0.0129. The Bertz CT molecular complexity index is 1570. The van der Waals surface area contributed by atoms with Crippen LogP contribution in [0.2, 0.25) is 0 Å². The zero-order chi connectivity index (χ0) is 33.7. The van der Waals surface area contributed by atoms with Crippen molar-refractivity contribution in [1.82, 2.24) is 4.72 Å². The Kier molecular flexibility index (Phi) is 7.67. The maximum Gasteiger partial charge on any atom is 0.421 e. The van der Waals surface area contributed by atoms with E-state index in [0.717, 1.165) is 82.1 Å². The SMILES string of the molecule is CC1(C)CC[C@]2(C(=O)O)CC[C@]3(C)C(=CC[C@@H]4[C@@]5(C)CC[C@H](OC(=O)NS(=O)(=O)c6ccc(F)cc6)C(C)(C)[C@@H]5CC[C@]43C)[C@@H]2C1. The lowest BCUT2D eigenvalue weighted by Gasteiger charge is -2.71. The molecule has 254 valence electrons. The summed E-state index contributed by atoms with van der Waals surface area (Å²) in [5, 5.41) is 10.6. The molecule has 0 aliphatic heterocycles. The van der Waals surface area contributed by atoms with Crippen molar-refractivity contribution in [2.45, 2.75) is 124 Å². The van der Waals surface area contributed by atoms with E-state index in [0.29, 0.717) is 12.3 Å². The summed E-state index contributed by atoms with van der Waals surface area (Å²) in [5.74, 6) is -0.457. The number of benzene rings is 1. The van der Waals surface area contributed by atoms with Crippen molar-refractivity contribution >= 4 is 22.1 Å². The molecular formula is C37H52FNO6S. The van der Waals surface area contributed by atoms with Crippen LogP contribution in [0.5, 0.6) is 0 Å². The Hall–Kier alpha value is -2.42. The summed E-state index contributed by atoms with van der Waals surface area (Å²) in [6.07, 6.45) is 9.65. The van der Waals surface area contributed by atoms with Crippen LogP contribution in [-0.2, 0) is 19.6 Å². The number of carbonyl (C=O) groups is 2. The number of rotatable bonds is 4. The van der Waals surface area contributed by atoms with Crippen LogP contribution in [0, 0.1) is 56.1 Å². The molecule has 0 bridgehead atoms. The second kappa shape index (κ2) is 10.5. The second-order valence-corrected chi connectivity index (χ2v) is 19.2. The Balaban J connectivity index is 1.25. The predicted molar refractivity (Wildman–Crippen MR) is 174 cm³/mol. The molecule has 0 saturated heterocycles. The van der Waals surface area contributed by atoms with Crippen LogP contribution in [0.3, 0.4) is 0 Å². The largest absolute Gasteiger partial charge is 0.481 e. The molecule has 4 saturated carbocycles. The minimum Gasteiger partial charge on any atom is -0.481 e. The fraction of sp³-hybridized carbons (Fsp3) is 0.730. The van der Waals surface area contributed by atoms with Gasteiger partial charge in [0, 0.05) is 5.41 Å². The van der Waals surface area contributed by atoms with Gasteiger partial charge in [0.2, 0.25) is 0 Å². The number of carbonyl (C=O) groups excluding carboxylic acids is 1. The maximum atomic E-state index is 13.3. The van der Waals surface area contributed by atoms with E-state index in [1.165, 1.54) is 5.57 Å². The van der Waals surface area contributed by atoms with Crippen LogP contribution in [0.25, 0.3) is 0 Å². The lowest BCUT2D eigenvalue weighted by atomic mass is 9.33. The number of carboxylic acid groups (broad SMARTS) is 1. The van der Waals surface area contributed by atoms with E-state index >= 15 is 0 Å². The molecule has 0 unspecified atom stereocenters. The number of halogens is 1. The molecule has 2 N–H and O–H groups in total. The molecule has 0 heterocycles. The zero-order valence-corrected chi connectivity index (χ0v) is 29.4. The molecule has 9 heteroatoms. The normalized spacial score (nSPS) is 41.0. The summed E-state index contributed by atoms with van der Waals surface area (Å²) < 4.78 is 46.8. The molecule has 4 fully saturated rings. The first kappa shape index (κ1) is 33.5. The number of ether oxygens (including phenoxy) is 1. The molecule has 1 amide bonds. The Labute approximate surface area is 274 Å². The van der Waals surface area contributed by atoms with Gasteiger partial charge >= 0.3 is 12.1 Å². The number of hydrogen-bond donors (Lipinski definition) is 2. The van der Waals surface area contributed by atoms with Gasteiger partial charge in [-0.05, 0) is 128 Å². The maximum absolute atomic E-state index is 13.3. The van der Waals surface area contributed by atoms with E-state index in [9.17, 15) is 27.5 Å². The number of allylic oxidation sites excluding steroid dienone is 2. The van der Waals surface area contributed by atoms with E-state index in [1.807, 2.05) is 4.72 Å². The third-order valence-corrected chi connectivity index (χ3v) is 15.9. The van der Waals surface area contributed by atoms with Gasteiger partial charge in [-0.15, -0.1) is 0 Å². The summed E-state index contributed by atoms with van der Waals surface area (Å²) in [6, 6.07) is 4.32. The van der Waals surface area contributed by atoms with Gasteiger partial charge in [-0.1, -0.05) is 60.1 Å². The molecule has 0 spiro atoms. The van der Waals surface area contributed by atoms with Crippen molar-refractivity contribution in [2.75, 3.05) is 0 Å². The highest BCUT2D eigenvalue weighted by molar-refractivity contribution is 7.90. The van der Waals surface area contributed by atoms with Gasteiger partial charge in [-0.2, -0.15) is 0 Å². The van der Waals surface area contributed by atoms with Crippen molar-refractivity contribution in [2.24, 2.45) is 50.2 Å². The van der Waals surface area contributed by atoms with E-state index in [1.54, 1.807) is 0 Å². The summed E-state index contributed by atoms with van der Waals surface area (Å²) >= 11 is 0. The fourth-order valence-electron chi connectivity index (χ4n) is 11.7. The second-order valence-electron chi connectivity index (χ2n) is 17.5. The molecule has 1 aromatic rings. The number of amides is 1. The molecular weight excluding hydrogens is 605 g/mol. The van der Waals surface area contributed by atoms with E-state index < -0.39 is 44.8 Å². The van der Waals surface area contributed by atoms with Crippen molar-refractivity contribution < 1.29 is 32.2 Å². The smallest absolute Gasteiger partial charge is 0.421 e. The third kappa shape index (κ3) is 4.79. The molecule has 7 nitrogen and oxygen atoms in total. The van der Waals surface area contributed by atoms with E-state index in [-0.39, 0.29) is 38.4 Å². The first-order chi connectivity index (χ1) is 21.2. The first-order valence-corrected chi connectivity index (χ1v) is 18.6. The summed E-state index contributed by atoms with van der Waals surface area (Å²) in [7, 11) is -4.20. The lowest BCUT2D eigenvalue weighted by molar-refractivity contribution is -0.205. The molecule has 6 rings (SSSR count). The highest BCUT2D eigenvalue weighted by atomic mass is 32.2. The molecule has 0 aromatic heterocycles. The van der Waals surface area contributed by atoms with E-state index in [4.69, 9.17) is 4.74 Å². The van der Waals surface area contributed by atoms with Crippen LogP contribution in [0.4, 0.5) is 9.18 Å². The van der Waals surface area contributed by atoms with Gasteiger partial charge in [0.1, 0.15) is 11.9 Å². The summed E-state index contributed by atoms with van der Waals surface area (Å²) in [5.41, 5.74) is 0.390. The molecule has 0 radical (unpaired) electrons. The van der Waals surface area contributed by atoms with Crippen molar-refractivity contribution in [3.8, 4) is 0 Å². The van der Waals surface area contributed by atoms with Gasteiger partial charge in [-0.25, -0.2) is 22.3 Å². The van der Waals surface area contributed by atoms with Crippen LogP contribution in [0.1, 0.15) is 113 Å². The van der Waals surface area contributed by atoms with Gasteiger partial charge in [0.05, 0.1) is 10.3 Å². The summed E-state index contributed by atoms with van der Waals surface area (Å²) in [6.45, 7) is 16.2. The van der Waals surface area contributed by atoms with Gasteiger partial charge in [0.15, 0.2) is 0 Å². The number of nitrogens with one attached hydrogen (secondary N) is 1. The average Bonchev–Trinajstić information content (AvgIpc) is 2.94. The van der Waals surface area contributed by atoms with Crippen molar-refractivity contribution in [1.29, 1.82) is 0 Å². The molecule has 5 aliphatic rings. The quantitative estimate of drug-likeness (QED) is 0.314. The lowest BCUT2D eigenvalue weighted by Crippen LogP contribution is -2.65. The fourth-order valence-corrected chi connectivity index (χ4v) is 12.6.